The van der Waals surface area contributed by atoms with Crippen molar-refractivity contribution in [2.75, 3.05) is 45.1 Å². The largest absolute Gasteiger partial charge is 0.494 e. The van der Waals surface area contributed by atoms with Gasteiger partial charge >= 0.3 is 5.97 Å². The molecule has 2 aliphatic heterocycles. The van der Waals surface area contributed by atoms with Gasteiger partial charge in [-0.25, -0.2) is 14.2 Å². The van der Waals surface area contributed by atoms with Crippen molar-refractivity contribution in [3.8, 4) is 29.0 Å². The molecule has 2 aliphatic rings. The quantitative estimate of drug-likeness (QED) is 0.245. The second-order valence-electron chi connectivity index (χ2n) is 10.9. The van der Waals surface area contributed by atoms with Crippen LogP contribution in [0.1, 0.15) is 44.6 Å². The van der Waals surface area contributed by atoms with Gasteiger partial charge in [-0.1, -0.05) is 12.1 Å². The van der Waals surface area contributed by atoms with Crippen molar-refractivity contribution in [2.24, 2.45) is 0 Å². The summed E-state index contributed by atoms with van der Waals surface area (Å²) in [5.41, 5.74) is 4.64. The SMILES string of the molecule is C1COC1.CNc1cc(C(=O)OC)cc(OC)c1NC(=O)Cc1cc(F)c2cc1COCc1cc(C#N)ccc1COc1cccc-2n1. The minimum absolute atomic E-state index is 0.0611. The van der Waals surface area contributed by atoms with E-state index >= 15 is 4.39 Å². The first-order valence-corrected chi connectivity index (χ1v) is 15.2. The Morgan fingerprint density at radius 2 is 1.75 bits per heavy atom. The predicted octanol–water partition coefficient (Wildman–Crippen LogP) is 5.79. The number of hydrogen-bond acceptors (Lipinski definition) is 10. The van der Waals surface area contributed by atoms with Gasteiger partial charge in [0.1, 0.15) is 23.9 Å². The molecule has 1 amide bonds. The van der Waals surface area contributed by atoms with Gasteiger partial charge in [0.25, 0.3) is 0 Å². The molecule has 12 heteroatoms. The molecule has 0 atom stereocenters. The third kappa shape index (κ3) is 8.06. The van der Waals surface area contributed by atoms with E-state index < -0.39 is 17.7 Å². The molecule has 0 unspecified atom stereocenters. The molecule has 0 radical (unpaired) electrons. The molecule has 0 saturated carbocycles. The number of carbonyl (C=O) groups excluding carboxylic acids is 2. The molecule has 2 N–H and O–H groups in total. The summed E-state index contributed by atoms with van der Waals surface area (Å²) in [5.74, 6) is -1.02. The van der Waals surface area contributed by atoms with Crippen LogP contribution in [0, 0.1) is 17.1 Å². The second-order valence-corrected chi connectivity index (χ2v) is 10.9. The summed E-state index contributed by atoms with van der Waals surface area (Å²) in [6, 6.07) is 18.4. The number of aromatic nitrogens is 1. The van der Waals surface area contributed by atoms with E-state index in [1.807, 2.05) is 6.07 Å². The maximum Gasteiger partial charge on any atom is 0.338 e. The first kappa shape index (κ1) is 33.8. The summed E-state index contributed by atoms with van der Waals surface area (Å²) in [6.45, 7) is 2.41. The first-order valence-electron chi connectivity index (χ1n) is 15.2. The summed E-state index contributed by atoms with van der Waals surface area (Å²) in [7, 11) is 4.32. The number of nitrogens with zero attached hydrogens (tertiary/aromatic N) is 2. The number of benzene rings is 3. The Kier molecular flexibility index (Phi) is 11.2. The van der Waals surface area contributed by atoms with E-state index in [0.29, 0.717) is 39.6 Å². The van der Waals surface area contributed by atoms with E-state index in [1.165, 1.54) is 38.8 Å². The molecule has 248 valence electrons. The van der Waals surface area contributed by atoms with Crippen molar-refractivity contribution in [2.45, 2.75) is 32.7 Å². The first-order chi connectivity index (χ1) is 23.3. The Morgan fingerprint density at radius 3 is 2.44 bits per heavy atom. The molecule has 0 spiro atoms. The molecule has 11 nitrogen and oxygen atoms in total. The van der Waals surface area contributed by atoms with Crippen molar-refractivity contribution in [3.63, 3.8) is 0 Å². The third-order valence-electron chi connectivity index (χ3n) is 7.72. The lowest BCUT2D eigenvalue weighted by Crippen LogP contribution is -2.18. The van der Waals surface area contributed by atoms with Crippen molar-refractivity contribution in [3.05, 3.63) is 99.9 Å². The third-order valence-corrected chi connectivity index (χ3v) is 7.72. The van der Waals surface area contributed by atoms with Crippen molar-refractivity contribution < 1.29 is 37.7 Å². The van der Waals surface area contributed by atoms with Gasteiger partial charge in [-0.2, -0.15) is 5.26 Å². The smallest absolute Gasteiger partial charge is 0.338 e. The number of methoxy groups -OCH3 is 2. The zero-order chi connectivity index (χ0) is 34.0. The normalized spacial score (nSPS) is 13.1. The lowest BCUT2D eigenvalue weighted by Gasteiger charge is -2.17. The molecule has 1 saturated heterocycles. The molecular formula is C36H35FN4O7. The molecule has 3 aromatic carbocycles. The number of rotatable bonds is 6. The van der Waals surface area contributed by atoms with E-state index in [1.54, 1.807) is 43.4 Å². The number of amides is 1. The molecular weight excluding hydrogens is 619 g/mol. The van der Waals surface area contributed by atoms with Crippen LogP contribution in [-0.4, -0.2) is 51.3 Å². The van der Waals surface area contributed by atoms with Gasteiger partial charge < -0.3 is 34.3 Å². The number of nitrogens with one attached hydrogen (secondary N) is 2. The van der Waals surface area contributed by atoms with Crippen LogP contribution in [0.2, 0.25) is 0 Å². The predicted molar refractivity (Wildman–Crippen MR) is 175 cm³/mol. The van der Waals surface area contributed by atoms with Gasteiger partial charge in [-0.05, 0) is 71.1 Å². The minimum atomic E-state index is -0.564. The zero-order valence-corrected chi connectivity index (χ0v) is 26.9. The van der Waals surface area contributed by atoms with Crippen LogP contribution in [-0.2, 0) is 45.2 Å². The van der Waals surface area contributed by atoms with Gasteiger partial charge in [0.2, 0.25) is 11.8 Å². The molecule has 6 rings (SSSR count). The Hall–Kier alpha value is -5.51. The van der Waals surface area contributed by atoms with Crippen molar-refractivity contribution >= 4 is 23.3 Å². The van der Waals surface area contributed by atoms with E-state index in [-0.39, 0.29) is 43.1 Å². The maximum atomic E-state index is 15.6. The van der Waals surface area contributed by atoms with Crippen LogP contribution in [0.4, 0.5) is 15.8 Å². The highest BCUT2D eigenvalue weighted by Gasteiger charge is 2.21. The second kappa shape index (κ2) is 15.9. The molecule has 1 fully saturated rings. The van der Waals surface area contributed by atoms with Crippen molar-refractivity contribution in [1.82, 2.24) is 4.98 Å². The lowest BCUT2D eigenvalue weighted by atomic mass is 9.98. The summed E-state index contributed by atoms with van der Waals surface area (Å²) in [6.07, 6.45) is 1.09. The summed E-state index contributed by atoms with van der Waals surface area (Å²) in [5, 5.41) is 15.2. The Labute approximate surface area is 277 Å². The minimum Gasteiger partial charge on any atom is -0.494 e. The summed E-state index contributed by atoms with van der Waals surface area (Å²) in [4.78, 5) is 30.0. The van der Waals surface area contributed by atoms with E-state index in [0.717, 1.165) is 24.3 Å². The standard InChI is InChI=1S/C33H29FN4O6.C3H6O/c1-36-28-12-22(33(40)42-3)13-29(41-2)32(28)38-30(39)14-21-11-26(34)25-10-24(21)17-43-16-23-9-19(15-35)7-8-20(23)18-44-31-6-4-5-27(25)37-31;1-2-4-3-1/h4-13,36H,14,16-18H2,1-3H3,(H,38,39);1-3H2. The molecule has 1 aromatic heterocycles. The highest BCUT2D eigenvalue weighted by Crippen LogP contribution is 2.35. The number of fused-ring (bicyclic) bond motifs is 6. The lowest BCUT2D eigenvalue weighted by molar-refractivity contribution is -0.115. The molecule has 0 aliphatic carbocycles. The molecule has 4 bridgehead atoms. The number of nitriles is 1. The Bertz CT molecular complexity index is 1820. The fourth-order valence-electron chi connectivity index (χ4n) is 5.03. The number of carbonyl (C=O) groups is 2. The fourth-order valence-corrected chi connectivity index (χ4v) is 5.03. The van der Waals surface area contributed by atoms with Crippen LogP contribution in [0.3, 0.4) is 0 Å². The van der Waals surface area contributed by atoms with Crippen LogP contribution in [0.15, 0.2) is 60.7 Å². The summed E-state index contributed by atoms with van der Waals surface area (Å²) >= 11 is 0. The number of pyridine rings is 1. The summed E-state index contributed by atoms with van der Waals surface area (Å²) < 4.78 is 42.5. The van der Waals surface area contributed by atoms with E-state index in [2.05, 4.69) is 21.7 Å². The number of anilines is 2. The number of esters is 1. The number of ether oxygens (including phenoxy) is 5. The van der Waals surface area contributed by atoms with Gasteiger partial charge in [0, 0.05) is 31.9 Å². The highest BCUT2D eigenvalue weighted by atomic mass is 19.1. The van der Waals surface area contributed by atoms with E-state index in [4.69, 9.17) is 23.7 Å². The molecule has 4 aromatic rings. The maximum absolute atomic E-state index is 15.6. The van der Waals surface area contributed by atoms with Crippen LogP contribution in [0.5, 0.6) is 11.6 Å². The van der Waals surface area contributed by atoms with Crippen LogP contribution in [0.25, 0.3) is 11.3 Å². The van der Waals surface area contributed by atoms with E-state index in [9.17, 15) is 14.9 Å². The van der Waals surface area contributed by atoms with Crippen molar-refractivity contribution in [1.29, 1.82) is 5.26 Å². The average Bonchev–Trinajstić information content (AvgIpc) is 3.07. The van der Waals surface area contributed by atoms with Crippen LogP contribution < -0.4 is 20.1 Å². The fraction of sp³-hybridized carbons (Fsp3) is 0.278. The Balaban J connectivity index is 0.00000105. The average molecular weight is 655 g/mol. The Morgan fingerprint density at radius 1 is 0.979 bits per heavy atom. The monoisotopic (exact) mass is 654 g/mol. The molecule has 48 heavy (non-hydrogen) atoms. The van der Waals surface area contributed by atoms with Gasteiger partial charge in [0.05, 0.1) is 62.4 Å². The topological polar surface area (TPSA) is 141 Å². The number of hydrogen-bond donors (Lipinski definition) is 2. The van der Waals surface area contributed by atoms with Crippen LogP contribution >= 0.6 is 0 Å². The zero-order valence-electron chi connectivity index (χ0n) is 26.9. The van der Waals surface area contributed by atoms with Gasteiger partial charge in [-0.15, -0.1) is 0 Å². The number of halogens is 1. The van der Waals surface area contributed by atoms with Gasteiger partial charge in [-0.3, -0.25) is 4.79 Å². The molecule has 3 heterocycles. The highest BCUT2D eigenvalue weighted by molar-refractivity contribution is 6.00. The van der Waals surface area contributed by atoms with Gasteiger partial charge in [0.15, 0.2) is 0 Å².